The zero-order chi connectivity index (χ0) is 8.69. The summed E-state index contributed by atoms with van der Waals surface area (Å²) in [6, 6.07) is 10.3. The van der Waals surface area contributed by atoms with E-state index in [9.17, 15) is 0 Å². The Hall–Kier alpha value is -0.400. The second kappa shape index (κ2) is 8.69. The van der Waals surface area contributed by atoms with E-state index in [0.29, 0.717) is 0 Å². The minimum absolute atomic E-state index is 0. The van der Waals surface area contributed by atoms with Crippen LogP contribution in [0.5, 0.6) is 0 Å². The highest BCUT2D eigenvalue weighted by Gasteiger charge is 1.87. The van der Waals surface area contributed by atoms with Gasteiger partial charge >= 0.3 is 0 Å². The lowest BCUT2D eigenvalue weighted by molar-refractivity contribution is 1.13. The predicted molar refractivity (Wildman–Crippen MR) is 59.8 cm³/mol. The number of rotatable bonds is 1. The molecule has 0 atom stereocenters. The number of benzene rings is 1. The Kier molecular flexibility index (Phi) is 10.2. The van der Waals surface area contributed by atoms with Gasteiger partial charge in [-0.15, -0.1) is 24.0 Å². The van der Waals surface area contributed by atoms with Crippen LogP contribution in [0.25, 0.3) is 0 Å². The molecular formula is C9H15Cl2N. The summed E-state index contributed by atoms with van der Waals surface area (Å²) in [6.07, 6.45) is 1.47. The highest BCUT2D eigenvalue weighted by molar-refractivity contribution is 6.15. The highest BCUT2D eigenvalue weighted by Crippen LogP contribution is 2.07. The van der Waals surface area contributed by atoms with Gasteiger partial charge in [0.2, 0.25) is 0 Å². The topological polar surface area (TPSA) is 3.24 Å². The molecule has 0 unspecified atom stereocenters. The van der Waals surface area contributed by atoms with Crippen LogP contribution < -0.4 is 4.90 Å². The summed E-state index contributed by atoms with van der Waals surface area (Å²) < 4.78 is 0. The van der Waals surface area contributed by atoms with Crippen molar-refractivity contribution < 1.29 is 0 Å². The van der Waals surface area contributed by atoms with Gasteiger partial charge in [-0.1, -0.05) is 18.2 Å². The Morgan fingerprint density at radius 1 is 1.00 bits per heavy atom. The van der Waals surface area contributed by atoms with Crippen molar-refractivity contribution in [3.05, 3.63) is 30.3 Å². The van der Waals surface area contributed by atoms with Crippen LogP contribution in [0.1, 0.15) is 0 Å². The molecule has 0 radical (unpaired) electrons. The molecule has 0 spiro atoms. The lowest BCUT2D eigenvalue weighted by Crippen LogP contribution is -2.07. The van der Waals surface area contributed by atoms with Crippen LogP contribution in [-0.4, -0.2) is 20.5 Å². The molecule has 0 aliphatic heterocycles. The third-order valence-corrected chi connectivity index (χ3v) is 1.27. The summed E-state index contributed by atoms with van der Waals surface area (Å²) in [5.74, 6) is 0. The number of para-hydroxylation sites is 1. The van der Waals surface area contributed by atoms with Gasteiger partial charge in [0.25, 0.3) is 0 Å². The molecule has 0 N–H and O–H groups in total. The Morgan fingerprint density at radius 3 is 1.67 bits per heavy atom. The molecule has 0 aliphatic carbocycles. The molecule has 0 aliphatic rings. The van der Waals surface area contributed by atoms with Crippen molar-refractivity contribution in [1.82, 2.24) is 0 Å². The molecule has 0 saturated carbocycles. The summed E-state index contributed by atoms with van der Waals surface area (Å²) in [5, 5.41) is 0. The molecule has 0 heterocycles. The Labute approximate surface area is 85.7 Å². The molecular weight excluding hydrogens is 193 g/mol. The fourth-order valence-corrected chi connectivity index (χ4v) is 0.726. The maximum absolute atomic E-state index is 4.64. The standard InChI is InChI=1S/C8H11N.CH3Cl.ClH/c1-9(2)8-6-4-3-5-7-8;1-2;/h3-7H,1-2H3;1H3;1H. The smallest absolute Gasteiger partial charge is 0.0360 e. The molecule has 1 rings (SSSR count). The van der Waals surface area contributed by atoms with Gasteiger partial charge in [-0.3, -0.25) is 0 Å². The Bertz CT molecular complexity index is 175. The van der Waals surface area contributed by atoms with E-state index in [1.165, 1.54) is 12.1 Å². The second-order valence-electron chi connectivity index (χ2n) is 2.23. The SMILES string of the molecule is CCl.CN(C)c1ccccc1.Cl. The van der Waals surface area contributed by atoms with Crippen LogP contribution in [-0.2, 0) is 0 Å². The number of nitrogens with zero attached hydrogens (tertiary/aromatic N) is 1. The fourth-order valence-electron chi connectivity index (χ4n) is 0.726. The van der Waals surface area contributed by atoms with E-state index in [1.54, 1.807) is 0 Å². The third-order valence-electron chi connectivity index (χ3n) is 1.27. The normalized spacial score (nSPS) is 7.33. The van der Waals surface area contributed by atoms with Crippen molar-refractivity contribution in [2.24, 2.45) is 0 Å². The van der Waals surface area contributed by atoms with Gasteiger partial charge in [0.05, 0.1) is 0 Å². The third kappa shape index (κ3) is 5.28. The summed E-state index contributed by atoms with van der Waals surface area (Å²) in [5.41, 5.74) is 1.25. The van der Waals surface area contributed by atoms with Gasteiger partial charge in [-0.25, -0.2) is 0 Å². The fraction of sp³-hybridized carbons (Fsp3) is 0.333. The van der Waals surface area contributed by atoms with Crippen molar-refractivity contribution in [3.8, 4) is 0 Å². The van der Waals surface area contributed by atoms with Gasteiger partial charge < -0.3 is 4.90 Å². The highest BCUT2D eigenvalue weighted by atomic mass is 35.5. The molecule has 70 valence electrons. The van der Waals surface area contributed by atoms with Crippen LogP contribution in [0, 0.1) is 0 Å². The van der Waals surface area contributed by atoms with E-state index in [1.807, 2.05) is 32.3 Å². The van der Waals surface area contributed by atoms with E-state index in [0.717, 1.165) is 0 Å². The van der Waals surface area contributed by atoms with E-state index in [-0.39, 0.29) is 12.4 Å². The monoisotopic (exact) mass is 207 g/mol. The van der Waals surface area contributed by atoms with Gasteiger partial charge in [0, 0.05) is 26.2 Å². The van der Waals surface area contributed by atoms with Crippen molar-refractivity contribution in [2.45, 2.75) is 0 Å². The predicted octanol–water partition coefficient (Wildman–Crippen LogP) is 3.03. The molecule has 0 amide bonds. The summed E-state index contributed by atoms with van der Waals surface area (Å²) in [6.45, 7) is 0. The molecule has 1 aromatic rings. The Balaban J connectivity index is 0. The van der Waals surface area contributed by atoms with Gasteiger partial charge in [-0.2, -0.15) is 0 Å². The first-order valence-corrected chi connectivity index (χ1v) is 4.16. The minimum Gasteiger partial charge on any atom is -0.378 e. The zero-order valence-corrected chi connectivity index (χ0v) is 9.19. The van der Waals surface area contributed by atoms with Crippen LogP contribution in [0.4, 0.5) is 5.69 Å². The maximum Gasteiger partial charge on any atom is 0.0360 e. The Morgan fingerprint density at radius 2 is 1.42 bits per heavy atom. The number of hydrogen-bond donors (Lipinski definition) is 0. The first-order chi connectivity index (χ1) is 5.30. The van der Waals surface area contributed by atoms with Crippen LogP contribution in [0.15, 0.2) is 30.3 Å². The van der Waals surface area contributed by atoms with Crippen molar-refractivity contribution in [3.63, 3.8) is 0 Å². The van der Waals surface area contributed by atoms with Gasteiger partial charge in [-0.05, 0) is 12.1 Å². The molecule has 0 fully saturated rings. The van der Waals surface area contributed by atoms with E-state index >= 15 is 0 Å². The van der Waals surface area contributed by atoms with E-state index in [4.69, 9.17) is 0 Å². The van der Waals surface area contributed by atoms with E-state index in [2.05, 4.69) is 28.6 Å². The van der Waals surface area contributed by atoms with Crippen molar-refractivity contribution in [2.75, 3.05) is 25.4 Å². The molecule has 0 bridgehead atoms. The average Bonchev–Trinajstić information content (AvgIpc) is 2.10. The van der Waals surface area contributed by atoms with Crippen LogP contribution in [0.2, 0.25) is 0 Å². The average molecular weight is 208 g/mol. The quantitative estimate of drug-likeness (QED) is 0.641. The zero-order valence-electron chi connectivity index (χ0n) is 7.62. The lowest BCUT2D eigenvalue weighted by Gasteiger charge is -2.10. The van der Waals surface area contributed by atoms with Gasteiger partial charge in [0.15, 0.2) is 0 Å². The number of anilines is 1. The molecule has 1 nitrogen and oxygen atoms in total. The largest absolute Gasteiger partial charge is 0.378 e. The first-order valence-electron chi connectivity index (χ1n) is 3.41. The van der Waals surface area contributed by atoms with Crippen molar-refractivity contribution >= 4 is 29.7 Å². The molecule has 12 heavy (non-hydrogen) atoms. The number of alkyl halides is 1. The lowest BCUT2D eigenvalue weighted by atomic mass is 10.3. The maximum atomic E-state index is 4.64. The number of halogens is 2. The first kappa shape index (κ1) is 14.1. The summed E-state index contributed by atoms with van der Waals surface area (Å²) in [4.78, 5) is 2.08. The van der Waals surface area contributed by atoms with Gasteiger partial charge in [0.1, 0.15) is 0 Å². The molecule has 1 aromatic carbocycles. The van der Waals surface area contributed by atoms with E-state index < -0.39 is 0 Å². The molecule has 0 aromatic heterocycles. The van der Waals surface area contributed by atoms with Crippen molar-refractivity contribution in [1.29, 1.82) is 0 Å². The minimum atomic E-state index is 0. The summed E-state index contributed by atoms with van der Waals surface area (Å²) >= 11 is 4.64. The van der Waals surface area contributed by atoms with Crippen LogP contribution in [0.3, 0.4) is 0 Å². The number of hydrogen-bond acceptors (Lipinski definition) is 1. The molecule has 0 saturated heterocycles. The molecule has 3 heteroatoms. The summed E-state index contributed by atoms with van der Waals surface area (Å²) in [7, 11) is 4.07. The van der Waals surface area contributed by atoms with Crippen LogP contribution >= 0.6 is 24.0 Å². The second-order valence-corrected chi connectivity index (χ2v) is 2.23.